The fraction of sp³-hybridized carbons (Fsp3) is 0.909. The molecule has 0 aliphatic heterocycles. The van der Waals surface area contributed by atoms with E-state index < -0.39 is 0 Å². The molecule has 1 saturated carbocycles. The van der Waals surface area contributed by atoms with Gasteiger partial charge in [-0.1, -0.05) is 12.8 Å². The summed E-state index contributed by atoms with van der Waals surface area (Å²) < 4.78 is 5.39. The standard InChI is InChI=1S/C11H22N2O/c1-3-14-9(2)8-13-11(12)10-6-4-5-7-10/h9-10H,3-8H2,1-2H3,(H2,12,13). The van der Waals surface area contributed by atoms with Crippen LogP contribution in [0.3, 0.4) is 0 Å². The smallest absolute Gasteiger partial charge is 0.0969 e. The fourth-order valence-corrected chi connectivity index (χ4v) is 1.92. The van der Waals surface area contributed by atoms with E-state index in [-0.39, 0.29) is 6.10 Å². The van der Waals surface area contributed by atoms with Crippen molar-refractivity contribution in [1.82, 2.24) is 0 Å². The molecule has 3 heteroatoms. The molecule has 0 amide bonds. The van der Waals surface area contributed by atoms with E-state index in [4.69, 9.17) is 10.5 Å². The van der Waals surface area contributed by atoms with Gasteiger partial charge in [0.25, 0.3) is 0 Å². The predicted octanol–water partition coefficient (Wildman–Crippen LogP) is 1.96. The first-order valence-corrected chi connectivity index (χ1v) is 5.65. The van der Waals surface area contributed by atoms with E-state index in [1.165, 1.54) is 25.7 Å². The topological polar surface area (TPSA) is 47.6 Å². The van der Waals surface area contributed by atoms with Crippen molar-refractivity contribution in [2.24, 2.45) is 16.6 Å². The van der Waals surface area contributed by atoms with Gasteiger partial charge in [-0.3, -0.25) is 4.99 Å². The number of hydrogen-bond acceptors (Lipinski definition) is 2. The summed E-state index contributed by atoms with van der Waals surface area (Å²) in [7, 11) is 0. The zero-order valence-electron chi connectivity index (χ0n) is 9.33. The van der Waals surface area contributed by atoms with Crippen LogP contribution in [0.25, 0.3) is 0 Å². The van der Waals surface area contributed by atoms with E-state index in [1.807, 2.05) is 13.8 Å². The summed E-state index contributed by atoms with van der Waals surface area (Å²) in [5, 5.41) is 0. The van der Waals surface area contributed by atoms with Crippen molar-refractivity contribution in [3.63, 3.8) is 0 Å². The SMILES string of the molecule is CCOC(C)CN=C(N)C1CCCC1. The van der Waals surface area contributed by atoms with Crippen molar-refractivity contribution in [2.75, 3.05) is 13.2 Å². The summed E-state index contributed by atoms with van der Waals surface area (Å²) in [5.41, 5.74) is 5.92. The molecule has 0 heterocycles. The second-order valence-corrected chi connectivity index (χ2v) is 4.01. The van der Waals surface area contributed by atoms with Crippen LogP contribution in [0, 0.1) is 5.92 Å². The number of aliphatic imine (C=N–C) groups is 1. The van der Waals surface area contributed by atoms with E-state index in [2.05, 4.69) is 4.99 Å². The molecule has 0 aromatic rings. The summed E-state index contributed by atoms with van der Waals surface area (Å²) in [6, 6.07) is 0. The number of nitrogens with zero attached hydrogens (tertiary/aromatic N) is 1. The van der Waals surface area contributed by atoms with E-state index in [1.54, 1.807) is 0 Å². The monoisotopic (exact) mass is 198 g/mol. The maximum Gasteiger partial charge on any atom is 0.0969 e. The highest BCUT2D eigenvalue weighted by Gasteiger charge is 2.18. The normalized spacial score (nSPS) is 21.4. The first-order valence-electron chi connectivity index (χ1n) is 5.65. The zero-order chi connectivity index (χ0) is 10.4. The molecule has 0 radical (unpaired) electrons. The van der Waals surface area contributed by atoms with Gasteiger partial charge in [0, 0.05) is 12.5 Å². The van der Waals surface area contributed by atoms with Gasteiger partial charge in [-0.05, 0) is 26.7 Å². The molecule has 1 atom stereocenters. The van der Waals surface area contributed by atoms with Gasteiger partial charge in [0.1, 0.15) is 0 Å². The molecule has 3 nitrogen and oxygen atoms in total. The third kappa shape index (κ3) is 3.66. The number of hydrogen-bond donors (Lipinski definition) is 1. The minimum absolute atomic E-state index is 0.194. The van der Waals surface area contributed by atoms with Crippen LogP contribution < -0.4 is 5.73 Å². The highest BCUT2D eigenvalue weighted by molar-refractivity contribution is 5.83. The van der Waals surface area contributed by atoms with Crippen LogP contribution >= 0.6 is 0 Å². The van der Waals surface area contributed by atoms with Crippen molar-refractivity contribution in [3.05, 3.63) is 0 Å². The van der Waals surface area contributed by atoms with E-state index in [9.17, 15) is 0 Å². The Balaban J connectivity index is 2.27. The number of amidine groups is 1. The van der Waals surface area contributed by atoms with Gasteiger partial charge in [-0.2, -0.15) is 0 Å². The zero-order valence-corrected chi connectivity index (χ0v) is 9.33. The molecule has 0 spiro atoms. The van der Waals surface area contributed by atoms with Crippen molar-refractivity contribution in [3.8, 4) is 0 Å². The van der Waals surface area contributed by atoms with Gasteiger partial charge in [0.2, 0.25) is 0 Å². The lowest BCUT2D eigenvalue weighted by atomic mass is 10.1. The second-order valence-electron chi connectivity index (χ2n) is 4.01. The van der Waals surface area contributed by atoms with Crippen LogP contribution in [-0.4, -0.2) is 25.1 Å². The van der Waals surface area contributed by atoms with E-state index in [0.29, 0.717) is 12.5 Å². The Kier molecular flexibility index (Phi) is 4.94. The molecule has 2 N–H and O–H groups in total. The second kappa shape index (κ2) is 6.02. The Morgan fingerprint density at radius 3 is 2.71 bits per heavy atom. The summed E-state index contributed by atoms with van der Waals surface area (Å²) in [6.45, 7) is 5.49. The number of ether oxygens (including phenoxy) is 1. The van der Waals surface area contributed by atoms with Gasteiger partial charge in [0.05, 0.1) is 18.5 Å². The van der Waals surface area contributed by atoms with E-state index >= 15 is 0 Å². The van der Waals surface area contributed by atoms with Crippen LogP contribution in [0.2, 0.25) is 0 Å². The van der Waals surface area contributed by atoms with Crippen LogP contribution in [0.4, 0.5) is 0 Å². The number of nitrogens with two attached hydrogens (primary N) is 1. The maximum absolute atomic E-state index is 5.92. The first kappa shape index (κ1) is 11.5. The molecule has 0 aromatic carbocycles. The molecule has 1 aliphatic carbocycles. The van der Waals surface area contributed by atoms with Crippen LogP contribution in [-0.2, 0) is 4.74 Å². The molecule has 1 aliphatic rings. The first-order chi connectivity index (χ1) is 6.74. The Hall–Kier alpha value is -0.570. The summed E-state index contributed by atoms with van der Waals surface area (Å²) >= 11 is 0. The number of rotatable bonds is 5. The van der Waals surface area contributed by atoms with Gasteiger partial charge in [0.15, 0.2) is 0 Å². The molecular weight excluding hydrogens is 176 g/mol. The Labute approximate surface area is 86.7 Å². The molecule has 14 heavy (non-hydrogen) atoms. The molecule has 0 aromatic heterocycles. The highest BCUT2D eigenvalue weighted by atomic mass is 16.5. The molecular formula is C11H22N2O. The quantitative estimate of drug-likeness (QED) is 0.542. The maximum atomic E-state index is 5.92. The van der Waals surface area contributed by atoms with Crippen molar-refractivity contribution in [2.45, 2.75) is 45.6 Å². The van der Waals surface area contributed by atoms with Gasteiger partial charge < -0.3 is 10.5 Å². The van der Waals surface area contributed by atoms with Crippen LogP contribution in [0.15, 0.2) is 4.99 Å². The average molecular weight is 198 g/mol. The molecule has 0 bridgehead atoms. The Morgan fingerprint density at radius 1 is 1.50 bits per heavy atom. The minimum Gasteiger partial charge on any atom is -0.387 e. The van der Waals surface area contributed by atoms with Crippen LogP contribution in [0.5, 0.6) is 0 Å². The van der Waals surface area contributed by atoms with Crippen molar-refractivity contribution < 1.29 is 4.74 Å². The Morgan fingerprint density at radius 2 is 2.14 bits per heavy atom. The van der Waals surface area contributed by atoms with Gasteiger partial charge >= 0.3 is 0 Å². The summed E-state index contributed by atoms with van der Waals surface area (Å²) in [5.74, 6) is 1.39. The molecule has 82 valence electrons. The lowest BCUT2D eigenvalue weighted by Crippen LogP contribution is -2.24. The molecule has 1 fully saturated rings. The van der Waals surface area contributed by atoms with E-state index in [0.717, 1.165) is 12.4 Å². The molecule has 1 unspecified atom stereocenters. The molecule has 1 rings (SSSR count). The minimum atomic E-state index is 0.194. The van der Waals surface area contributed by atoms with Crippen molar-refractivity contribution in [1.29, 1.82) is 0 Å². The fourth-order valence-electron chi connectivity index (χ4n) is 1.92. The molecule has 0 saturated heterocycles. The van der Waals surface area contributed by atoms with Gasteiger partial charge in [-0.15, -0.1) is 0 Å². The lowest BCUT2D eigenvalue weighted by Gasteiger charge is -2.11. The Bertz CT molecular complexity index is 186. The summed E-state index contributed by atoms with van der Waals surface area (Å²) in [4.78, 5) is 4.39. The largest absolute Gasteiger partial charge is 0.387 e. The lowest BCUT2D eigenvalue weighted by molar-refractivity contribution is 0.0828. The average Bonchev–Trinajstić information content (AvgIpc) is 2.67. The van der Waals surface area contributed by atoms with Crippen LogP contribution in [0.1, 0.15) is 39.5 Å². The van der Waals surface area contributed by atoms with Gasteiger partial charge in [-0.25, -0.2) is 0 Å². The highest BCUT2D eigenvalue weighted by Crippen LogP contribution is 2.24. The summed E-state index contributed by atoms with van der Waals surface area (Å²) in [6.07, 6.45) is 5.25. The predicted molar refractivity (Wildman–Crippen MR) is 59.5 cm³/mol. The van der Waals surface area contributed by atoms with Crippen molar-refractivity contribution >= 4 is 5.84 Å². The third-order valence-electron chi connectivity index (χ3n) is 2.76. The third-order valence-corrected chi connectivity index (χ3v) is 2.76.